The number of nitrogens with zero attached hydrogens (tertiary/aromatic N) is 2. The second kappa shape index (κ2) is 7.20. The fourth-order valence-electron chi connectivity index (χ4n) is 3.33. The van der Waals surface area contributed by atoms with Crippen LogP contribution in [0.25, 0.3) is 11.4 Å². The maximum atomic E-state index is 13.9. The number of hydrogen-bond donors (Lipinski definition) is 1. The van der Waals surface area contributed by atoms with Gasteiger partial charge >= 0.3 is 0 Å². The lowest BCUT2D eigenvalue weighted by Gasteiger charge is -2.28. The molecule has 0 saturated carbocycles. The normalized spacial score (nSPS) is 14.1. The van der Waals surface area contributed by atoms with E-state index in [0.717, 1.165) is 5.56 Å². The van der Waals surface area contributed by atoms with Crippen molar-refractivity contribution in [2.75, 3.05) is 6.54 Å². The topological polar surface area (TPSA) is 49.0 Å². The number of H-pyrrole nitrogens is 1. The first-order chi connectivity index (χ1) is 13.4. The highest BCUT2D eigenvalue weighted by Gasteiger charge is 2.25. The predicted octanol–water partition coefficient (Wildman–Crippen LogP) is 3.55. The second-order valence-electron chi connectivity index (χ2n) is 6.61. The van der Waals surface area contributed by atoms with Gasteiger partial charge in [0.1, 0.15) is 5.82 Å². The van der Waals surface area contributed by atoms with Gasteiger partial charge in [0.15, 0.2) is 23.3 Å². The lowest BCUT2D eigenvalue weighted by molar-refractivity contribution is 0.232. The van der Waals surface area contributed by atoms with Gasteiger partial charge in [0.25, 0.3) is 5.56 Å². The average molecular weight is 389 g/mol. The molecule has 1 aliphatic rings. The molecule has 3 aromatic rings. The van der Waals surface area contributed by atoms with Crippen LogP contribution in [-0.2, 0) is 19.5 Å². The summed E-state index contributed by atoms with van der Waals surface area (Å²) in [5.41, 5.74) is 0.712. The number of aromatic nitrogens is 2. The molecular weight excluding hydrogens is 374 g/mol. The monoisotopic (exact) mass is 389 g/mol. The maximum Gasteiger partial charge on any atom is 0.255 e. The average Bonchev–Trinajstić information content (AvgIpc) is 2.70. The second-order valence-corrected chi connectivity index (χ2v) is 6.61. The molecule has 0 saturated heterocycles. The van der Waals surface area contributed by atoms with Crippen molar-refractivity contribution in [2.24, 2.45) is 0 Å². The van der Waals surface area contributed by atoms with Gasteiger partial charge in [-0.3, -0.25) is 9.69 Å². The van der Waals surface area contributed by atoms with E-state index in [1.165, 1.54) is 0 Å². The Morgan fingerprint density at radius 3 is 2.39 bits per heavy atom. The van der Waals surface area contributed by atoms with Gasteiger partial charge in [-0.2, -0.15) is 0 Å². The predicted molar refractivity (Wildman–Crippen MR) is 94.4 cm³/mol. The molecule has 0 radical (unpaired) electrons. The molecule has 0 aliphatic carbocycles. The quantitative estimate of drug-likeness (QED) is 0.551. The molecule has 8 heteroatoms. The zero-order valence-electron chi connectivity index (χ0n) is 14.6. The minimum absolute atomic E-state index is 0.0732. The van der Waals surface area contributed by atoms with Crippen molar-refractivity contribution in [1.82, 2.24) is 14.9 Å². The molecule has 1 N–H and O–H groups in total. The molecule has 1 aliphatic heterocycles. The Hall–Kier alpha value is -3.00. The third-order valence-corrected chi connectivity index (χ3v) is 4.78. The summed E-state index contributed by atoms with van der Waals surface area (Å²) >= 11 is 0. The highest BCUT2D eigenvalue weighted by Crippen LogP contribution is 2.24. The summed E-state index contributed by atoms with van der Waals surface area (Å²) in [6.07, 6.45) is 0.375. The summed E-state index contributed by atoms with van der Waals surface area (Å²) in [6, 6.07) is 9.34. The number of fused-ring (bicyclic) bond motifs is 1. The Balaban J connectivity index is 1.62. The Labute approximate surface area is 157 Å². The molecule has 144 valence electrons. The highest BCUT2D eigenvalue weighted by molar-refractivity contribution is 5.54. The van der Waals surface area contributed by atoms with Crippen molar-refractivity contribution >= 4 is 0 Å². The number of hydrogen-bond acceptors (Lipinski definition) is 3. The molecular formula is C20H15F4N3O. The molecule has 0 bridgehead atoms. The fraction of sp³-hybridized carbons (Fsp3) is 0.200. The standard InChI is InChI=1S/C20H15F4N3O/c21-14-8-15(22)18(24)13(17(14)23)10-27-7-6-16-12(9-27)20(28)26-19(25-16)11-4-2-1-3-5-11/h1-5,8H,6-7,9-10H2,(H,25,26,28). The lowest BCUT2D eigenvalue weighted by atomic mass is 10.0. The lowest BCUT2D eigenvalue weighted by Crippen LogP contribution is -2.36. The zero-order valence-corrected chi connectivity index (χ0v) is 14.6. The van der Waals surface area contributed by atoms with Crippen molar-refractivity contribution in [2.45, 2.75) is 19.5 Å². The first-order valence-electron chi connectivity index (χ1n) is 8.65. The fourth-order valence-corrected chi connectivity index (χ4v) is 3.33. The van der Waals surface area contributed by atoms with Gasteiger partial charge in [-0.25, -0.2) is 22.5 Å². The van der Waals surface area contributed by atoms with Crippen LogP contribution in [0.4, 0.5) is 17.6 Å². The smallest absolute Gasteiger partial charge is 0.255 e. The van der Waals surface area contributed by atoms with E-state index in [4.69, 9.17) is 0 Å². The molecule has 2 aromatic carbocycles. The van der Waals surface area contributed by atoms with E-state index in [1.54, 1.807) is 4.90 Å². The molecule has 0 spiro atoms. The van der Waals surface area contributed by atoms with Gasteiger partial charge in [0.05, 0.1) is 11.3 Å². The summed E-state index contributed by atoms with van der Waals surface area (Å²) in [6.45, 7) is 0.0596. The Morgan fingerprint density at radius 1 is 1.04 bits per heavy atom. The summed E-state index contributed by atoms with van der Waals surface area (Å²) in [4.78, 5) is 21.3. The van der Waals surface area contributed by atoms with Crippen LogP contribution in [0, 0.1) is 23.3 Å². The minimum atomic E-state index is -1.45. The Kier molecular flexibility index (Phi) is 4.72. The van der Waals surface area contributed by atoms with E-state index in [1.807, 2.05) is 30.3 Å². The van der Waals surface area contributed by atoms with E-state index in [0.29, 0.717) is 30.0 Å². The van der Waals surface area contributed by atoms with Crippen LogP contribution in [-0.4, -0.2) is 21.4 Å². The van der Waals surface area contributed by atoms with E-state index >= 15 is 0 Å². The number of benzene rings is 2. The van der Waals surface area contributed by atoms with Crippen molar-refractivity contribution in [3.63, 3.8) is 0 Å². The molecule has 0 fully saturated rings. The van der Waals surface area contributed by atoms with E-state index in [9.17, 15) is 22.4 Å². The molecule has 2 heterocycles. The number of aromatic amines is 1. The molecule has 4 rings (SSSR count). The number of nitrogens with one attached hydrogen (secondary N) is 1. The van der Waals surface area contributed by atoms with Crippen molar-refractivity contribution in [1.29, 1.82) is 0 Å². The highest BCUT2D eigenvalue weighted by atomic mass is 19.2. The van der Waals surface area contributed by atoms with Crippen LogP contribution in [0.2, 0.25) is 0 Å². The van der Waals surface area contributed by atoms with Crippen LogP contribution < -0.4 is 5.56 Å². The third-order valence-electron chi connectivity index (χ3n) is 4.78. The first kappa shape index (κ1) is 18.4. The van der Waals surface area contributed by atoms with Crippen molar-refractivity contribution < 1.29 is 17.6 Å². The van der Waals surface area contributed by atoms with Crippen LogP contribution in [0.1, 0.15) is 16.8 Å². The van der Waals surface area contributed by atoms with Gasteiger partial charge in [-0.1, -0.05) is 30.3 Å². The molecule has 4 nitrogen and oxygen atoms in total. The van der Waals surface area contributed by atoms with Crippen LogP contribution in [0.3, 0.4) is 0 Å². The van der Waals surface area contributed by atoms with Crippen LogP contribution in [0.5, 0.6) is 0 Å². The SMILES string of the molecule is O=c1[nH]c(-c2ccccc2)nc2c1CN(Cc1c(F)c(F)cc(F)c1F)CC2. The van der Waals surface area contributed by atoms with E-state index in [-0.39, 0.29) is 24.7 Å². The zero-order chi connectivity index (χ0) is 19.8. The van der Waals surface area contributed by atoms with Crippen LogP contribution in [0.15, 0.2) is 41.2 Å². The van der Waals surface area contributed by atoms with Gasteiger partial charge in [0.2, 0.25) is 0 Å². The summed E-state index contributed by atoms with van der Waals surface area (Å²) in [5.74, 6) is -5.29. The van der Waals surface area contributed by atoms with Gasteiger partial charge < -0.3 is 4.98 Å². The third kappa shape index (κ3) is 3.31. The van der Waals surface area contributed by atoms with Crippen molar-refractivity contribution in [3.05, 3.63) is 86.8 Å². The Bertz CT molecular complexity index is 1070. The summed E-state index contributed by atoms with van der Waals surface area (Å²) in [5, 5.41) is 0. The van der Waals surface area contributed by atoms with E-state index in [2.05, 4.69) is 9.97 Å². The van der Waals surface area contributed by atoms with Crippen LogP contribution >= 0.6 is 0 Å². The first-order valence-corrected chi connectivity index (χ1v) is 8.65. The molecule has 0 atom stereocenters. The number of rotatable bonds is 3. The Morgan fingerprint density at radius 2 is 1.71 bits per heavy atom. The molecule has 28 heavy (non-hydrogen) atoms. The van der Waals surface area contributed by atoms with Gasteiger partial charge in [-0.15, -0.1) is 0 Å². The molecule has 0 unspecified atom stereocenters. The summed E-state index contributed by atoms with van der Waals surface area (Å²) in [7, 11) is 0. The maximum absolute atomic E-state index is 13.9. The van der Waals surface area contributed by atoms with Gasteiger partial charge in [0, 0.05) is 43.2 Å². The number of halogens is 4. The molecule has 0 amide bonds. The summed E-state index contributed by atoms with van der Waals surface area (Å²) < 4.78 is 54.7. The molecule has 1 aromatic heterocycles. The van der Waals surface area contributed by atoms with Gasteiger partial charge in [-0.05, 0) is 0 Å². The van der Waals surface area contributed by atoms with E-state index < -0.39 is 28.8 Å². The largest absolute Gasteiger partial charge is 0.306 e. The van der Waals surface area contributed by atoms with Crippen molar-refractivity contribution in [3.8, 4) is 11.4 Å². The minimum Gasteiger partial charge on any atom is -0.306 e.